The van der Waals surface area contributed by atoms with Crippen molar-refractivity contribution in [1.29, 1.82) is 0 Å². The standard InChI is InChI=1S/C29H44N4OS/c1-5-8-19-32-20-11-13-25-22-24(16-17-27(25)32)23-33(21-12-18-31(6-2)7-3)29(35)30-26-14-9-10-15-28(26)34-4/h9-10,14-17,22H,5-8,11-13,18-21,23H2,1-4H3,(H,30,35). The first kappa shape index (κ1) is 27.3. The van der Waals surface area contributed by atoms with Crippen molar-refractivity contribution in [1.82, 2.24) is 9.80 Å². The van der Waals surface area contributed by atoms with Gasteiger partial charge < -0.3 is 24.8 Å². The summed E-state index contributed by atoms with van der Waals surface area (Å²) in [5, 5.41) is 4.20. The molecule has 0 aliphatic carbocycles. The summed E-state index contributed by atoms with van der Waals surface area (Å²) in [6.07, 6.45) is 5.97. The van der Waals surface area contributed by atoms with Gasteiger partial charge in [0.25, 0.3) is 0 Å². The number of thiocarbonyl (C=S) groups is 1. The van der Waals surface area contributed by atoms with Gasteiger partial charge in [-0.3, -0.25) is 0 Å². The Morgan fingerprint density at radius 2 is 1.86 bits per heavy atom. The summed E-state index contributed by atoms with van der Waals surface area (Å²) in [7, 11) is 1.70. The van der Waals surface area contributed by atoms with Crippen LogP contribution in [0.5, 0.6) is 5.75 Å². The van der Waals surface area contributed by atoms with Crippen LogP contribution in [0.3, 0.4) is 0 Å². The van der Waals surface area contributed by atoms with Gasteiger partial charge in [-0.2, -0.15) is 0 Å². The van der Waals surface area contributed by atoms with Gasteiger partial charge in [-0.05, 0) is 86.9 Å². The van der Waals surface area contributed by atoms with E-state index < -0.39 is 0 Å². The second-order valence-electron chi connectivity index (χ2n) is 9.34. The van der Waals surface area contributed by atoms with Crippen LogP contribution in [0.4, 0.5) is 11.4 Å². The molecule has 0 spiro atoms. The molecule has 1 N–H and O–H groups in total. The number of methoxy groups -OCH3 is 1. The maximum absolute atomic E-state index is 5.92. The van der Waals surface area contributed by atoms with Crippen molar-refractivity contribution in [3.8, 4) is 5.75 Å². The van der Waals surface area contributed by atoms with Gasteiger partial charge in [0.15, 0.2) is 5.11 Å². The molecular formula is C29H44N4OS. The quantitative estimate of drug-likeness (QED) is 0.333. The molecule has 0 atom stereocenters. The lowest BCUT2D eigenvalue weighted by atomic mass is 9.98. The van der Waals surface area contributed by atoms with Crippen LogP contribution in [-0.2, 0) is 13.0 Å². The Balaban J connectivity index is 1.75. The number of anilines is 2. The minimum absolute atomic E-state index is 0.747. The summed E-state index contributed by atoms with van der Waals surface area (Å²) in [4.78, 5) is 7.35. The van der Waals surface area contributed by atoms with Gasteiger partial charge in [-0.1, -0.05) is 51.5 Å². The van der Waals surface area contributed by atoms with Crippen molar-refractivity contribution in [2.24, 2.45) is 0 Å². The number of ether oxygens (including phenoxy) is 1. The molecule has 0 bridgehead atoms. The first-order chi connectivity index (χ1) is 17.1. The highest BCUT2D eigenvalue weighted by Gasteiger charge is 2.18. The largest absolute Gasteiger partial charge is 0.495 e. The van der Waals surface area contributed by atoms with Gasteiger partial charge >= 0.3 is 0 Å². The number of fused-ring (bicyclic) bond motifs is 1. The second kappa shape index (κ2) is 14.3. The third-order valence-electron chi connectivity index (χ3n) is 6.95. The summed E-state index contributed by atoms with van der Waals surface area (Å²) in [6.45, 7) is 14.0. The lowest BCUT2D eigenvalue weighted by Gasteiger charge is -2.32. The highest BCUT2D eigenvalue weighted by molar-refractivity contribution is 7.80. The van der Waals surface area contributed by atoms with E-state index >= 15 is 0 Å². The number of hydrogen-bond donors (Lipinski definition) is 1. The van der Waals surface area contributed by atoms with Crippen LogP contribution in [0.25, 0.3) is 0 Å². The number of aryl methyl sites for hydroxylation is 1. The molecule has 192 valence electrons. The van der Waals surface area contributed by atoms with Crippen LogP contribution in [0.15, 0.2) is 42.5 Å². The van der Waals surface area contributed by atoms with Crippen molar-refractivity contribution in [2.45, 2.75) is 59.4 Å². The molecule has 5 nitrogen and oxygen atoms in total. The lowest BCUT2D eigenvalue weighted by Crippen LogP contribution is -2.37. The SMILES string of the molecule is CCCCN1CCCc2cc(CN(CCCN(CC)CC)C(=S)Nc3ccccc3OC)ccc21. The molecule has 2 aromatic rings. The zero-order valence-electron chi connectivity index (χ0n) is 22.2. The summed E-state index contributed by atoms with van der Waals surface area (Å²) in [6, 6.07) is 15.0. The minimum Gasteiger partial charge on any atom is -0.495 e. The Labute approximate surface area is 218 Å². The van der Waals surface area contributed by atoms with E-state index in [-0.39, 0.29) is 0 Å². The number of rotatable bonds is 13. The highest BCUT2D eigenvalue weighted by atomic mass is 32.1. The van der Waals surface area contributed by atoms with E-state index in [1.807, 2.05) is 24.3 Å². The van der Waals surface area contributed by atoms with Crippen molar-refractivity contribution in [2.75, 3.05) is 56.6 Å². The molecule has 3 rings (SSSR count). The third-order valence-corrected chi connectivity index (χ3v) is 7.31. The average molecular weight is 497 g/mol. The topological polar surface area (TPSA) is 31.0 Å². The first-order valence-electron chi connectivity index (χ1n) is 13.4. The molecule has 35 heavy (non-hydrogen) atoms. The lowest BCUT2D eigenvalue weighted by molar-refractivity contribution is 0.281. The Morgan fingerprint density at radius 1 is 1.06 bits per heavy atom. The van der Waals surface area contributed by atoms with Gasteiger partial charge in [0, 0.05) is 31.9 Å². The monoisotopic (exact) mass is 496 g/mol. The summed E-state index contributed by atoms with van der Waals surface area (Å²) >= 11 is 5.92. The molecule has 2 aromatic carbocycles. The number of hydrogen-bond acceptors (Lipinski definition) is 4. The van der Waals surface area contributed by atoms with Gasteiger partial charge in [0.05, 0.1) is 12.8 Å². The molecule has 0 aromatic heterocycles. The molecule has 1 heterocycles. The predicted octanol–water partition coefficient (Wildman–Crippen LogP) is 6.18. The second-order valence-corrected chi connectivity index (χ2v) is 9.73. The first-order valence-corrected chi connectivity index (χ1v) is 13.8. The fourth-order valence-electron chi connectivity index (χ4n) is 4.85. The Kier molecular flexibility index (Phi) is 11.1. The average Bonchev–Trinajstić information content (AvgIpc) is 2.89. The van der Waals surface area contributed by atoms with E-state index in [9.17, 15) is 0 Å². The third kappa shape index (κ3) is 7.84. The number of benzene rings is 2. The Hall–Kier alpha value is -2.31. The van der Waals surface area contributed by atoms with Crippen LogP contribution >= 0.6 is 12.2 Å². The van der Waals surface area contributed by atoms with Gasteiger partial charge in [-0.15, -0.1) is 0 Å². The van der Waals surface area contributed by atoms with E-state index in [1.54, 1.807) is 7.11 Å². The number of nitrogens with one attached hydrogen (secondary N) is 1. The van der Waals surface area contributed by atoms with E-state index in [4.69, 9.17) is 17.0 Å². The molecule has 6 heteroatoms. The van der Waals surface area contributed by atoms with E-state index in [2.05, 4.69) is 59.0 Å². The number of nitrogens with zero attached hydrogens (tertiary/aromatic N) is 3. The zero-order valence-corrected chi connectivity index (χ0v) is 23.0. The molecule has 0 radical (unpaired) electrons. The van der Waals surface area contributed by atoms with Gasteiger partial charge in [-0.25, -0.2) is 0 Å². The summed E-state index contributed by atoms with van der Waals surface area (Å²) in [5.41, 5.74) is 5.15. The van der Waals surface area contributed by atoms with Crippen LogP contribution < -0.4 is 15.0 Å². The zero-order chi connectivity index (χ0) is 25.0. The number of para-hydroxylation sites is 2. The molecule has 1 aliphatic rings. The maximum atomic E-state index is 5.92. The van der Waals surface area contributed by atoms with Crippen molar-refractivity contribution in [3.05, 3.63) is 53.6 Å². The van der Waals surface area contributed by atoms with E-state index in [0.717, 1.165) is 68.7 Å². The van der Waals surface area contributed by atoms with Gasteiger partial charge in [0.2, 0.25) is 0 Å². The van der Waals surface area contributed by atoms with Crippen LogP contribution in [0.1, 0.15) is 57.6 Å². The van der Waals surface area contributed by atoms with Crippen LogP contribution in [0, 0.1) is 0 Å². The van der Waals surface area contributed by atoms with Gasteiger partial charge in [0.1, 0.15) is 5.75 Å². The molecular weight excluding hydrogens is 452 g/mol. The maximum Gasteiger partial charge on any atom is 0.173 e. The Morgan fingerprint density at radius 3 is 2.60 bits per heavy atom. The van der Waals surface area contributed by atoms with Crippen LogP contribution in [-0.4, -0.2) is 61.3 Å². The fraction of sp³-hybridized carbons (Fsp3) is 0.552. The summed E-state index contributed by atoms with van der Waals surface area (Å²) in [5.74, 6) is 0.805. The van der Waals surface area contributed by atoms with E-state index in [0.29, 0.717) is 0 Å². The molecule has 0 saturated carbocycles. The minimum atomic E-state index is 0.747. The smallest absolute Gasteiger partial charge is 0.173 e. The van der Waals surface area contributed by atoms with Crippen molar-refractivity contribution in [3.63, 3.8) is 0 Å². The highest BCUT2D eigenvalue weighted by Crippen LogP contribution is 2.29. The molecule has 0 amide bonds. The molecule has 0 saturated heterocycles. The molecule has 1 aliphatic heterocycles. The van der Waals surface area contributed by atoms with Crippen molar-refractivity contribution >= 4 is 28.7 Å². The van der Waals surface area contributed by atoms with E-state index in [1.165, 1.54) is 42.6 Å². The van der Waals surface area contributed by atoms with Crippen LogP contribution in [0.2, 0.25) is 0 Å². The molecule has 0 fully saturated rings. The number of unbranched alkanes of at least 4 members (excludes halogenated alkanes) is 1. The fourth-order valence-corrected chi connectivity index (χ4v) is 5.11. The normalized spacial score (nSPS) is 13.0. The predicted molar refractivity (Wildman–Crippen MR) is 154 cm³/mol. The Bertz CT molecular complexity index is 931. The summed E-state index contributed by atoms with van der Waals surface area (Å²) < 4.78 is 5.53. The van der Waals surface area contributed by atoms with Crippen molar-refractivity contribution < 1.29 is 4.74 Å². The molecule has 0 unspecified atom stereocenters.